The van der Waals surface area contributed by atoms with E-state index >= 15 is 0 Å². The van der Waals surface area contributed by atoms with Crippen LogP contribution in [0.15, 0.2) is 18.2 Å². The summed E-state index contributed by atoms with van der Waals surface area (Å²) in [4.78, 5) is 0. The molecule has 0 aliphatic heterocycles. The quantitative estimate of drug-likeness (QED) is 0.614. The molecule has 0 aliphatic carbocycles. The predicted octanol–water partition coefficient (Wildman–Crippen LogP) is 2.92. The van der Waals surface area contributed by atoms with Crippen molar-refractivity contribution in [2.24, 2.45) is 0 Å². The Morgan fingerprint density at radius 1 is 1.23 bits per heavy atom. The molecule has 1 aromatic rings. The molecule has 68 valence electrons. The molecule has 2 heteroatoms. The van der Waals surface area contributed by atoms with Crippen LogP contribution in [0.25, 0.3) is 0 Å². The van der Waals surface area contributed by atoms with E-state index in [-0.39, 0.29) is 0 Å². The van der Waals surface area contributed by atoms with Gasteiger partial charge in [-0.15, -0.1) is 11.8 Å². The molecule has 0 saturated heterocycles. The first kappa shape index (κ1) is 9.73. The van der Waals surface area contributed by atoms with Crippen molar-refractivity contribution < 1.29 is 8.78 Å². The summed E-state index contributed by atoms with van der Waals surface area (Å²) in [5.74, 6) is 4.02. The largest absolute Gasteiger partial charge is 0.204 e. The molecule has 0 N–H and O–H groups in total. The molecule has 0 radical (unpaired) electrons. The van der Waals surface area contributed by atoms with E-state index in [1.54, 1.807) is 13.0 Å². The van der Waals surface area contributed by atoms with Crippen LogP contribution in [-0.4, -0.2) is 0 Å². The molecule has 0 atom stereocenters. The van der Waals surface area contributed by atoms with Crippen molar-refractivity contribution in [3.8, 4) is 11.8 Å². The normalized spacial score (nSPS) is 9.15. The van der Waals surface area contributed by atoms with Crippen molar-refractivity contribution in [3.63, 3.8) is 0 Å². The van der Waals surface area contributed by atoms with Crippen molar-refractivity contribution in [1.82, 2.24) is 0 Å². The molecule has 0 unspecified atom stereocenters. The lowest BCUT2D eigenvalue weighted by Crippen LogP contribution is -1.88. The molecule has 13 heavy (non-hydrogen) atoms. The zero-order valence-corrected chi connectivity index (χ0v) is 7.40. The molecule has 0 spiro atoms. The summed E-state index contributed by atoms with van der Waals surface area (Å²) >= 11 is 0. The minimum Gasteiger partial charge on any atom is -0.204 e. The Morgan fingerprint density at radius 3 is 2.62 bits per heavy atom. The second-order valence-electron chi connectivity index (χ2n) is 2.68. The lowest BCUT2D eigenvalue weighted by atomic mass is 10.1. The van der Waals surface area contributed by atoms with E-state index in [1.807, 2.05) is 0 Å². The van der Waals surface area contributed by atoms with Crippen LogP contribution in [0.4, 0.5) is 8.78 Å². The number of hydrogen-bond acceptors (Lipinski definition) is 0. The third-order valence-corrected chi connectivity index (χ3v) is 1.70. The van der Waals surface area contributed by atoms with E-state index < -0.39 is 11.6 Å². The number of rotatable bonds is 2. The van der Waals surface area contributed by atoms with E-state index in [9.17, 15) is 8.78 Å². The fourth-order valence-electron chi connectivity index (χ4n) is 1.03. The maximum atomic E-state index is 12.7. The van der Waals surface area contributed by atoms with Gasteiger partial charge in [0.25, 0.3) is 0 Å². The Hall–Kier alpha value is -1.36. The van der Waals surface area contributed by atoms with Gasteiger partial charge in [-0.2, -0.15) is 0 Å². The second-order valence-corrected chi connectivity index (χ2v) is 2.68. The number of hydrogen-bond donors (Lipinski definition) is 0. The van der Waals surface area contributed by atoms with Gasteiger partial charge in [-0.3, -0.25) is 0 Å². The van der Waals surface area contributed by atoms with Gasteiger partial charge in [0.15, 0.2) is 11.6 Å². The van der Waals surface area contributed by atoms with Gasteiger partial charge in [0, 0.05) is 6.42 Å². The smallest absolute Gasteiger partial charge is 0.159 e. The van der Waals surface area contributed by atoms with E-state index in [4.69, 9.17) is 0 Å². The number of halogens is 2. The van der Waals surface area contributed by atoms with Crippen molar-refractivity contribution in [2.45, 2.75) is 19.8 Å². The van der Waals surface area contributed by atoms with Gasteiger partial charge in [0.2, 0.25) is 0 Å². The maximum Gasteiger partial charge on any atom is 0.159 e. The molecule has 0 bridgehead atoms. The minimum absolute atomic E-state index is 0.665. The highest BCUT2D eigenvalue weighted by Gasteiger charge is 2.01. The van der Waals surface area contributed by atoms with E-state index in [0.717, 1.165) is 11.6 Å². The van der Waals surface area contributed by atoms with Gasteiger partial charge in [-0.25, -0.2) is 8.78 Å². The Labute approximate surface area is 76.6 Å². The summed E-state index contributed by atoms with van der Waals surface area (Å²) in [6.45, 7) is 1.76. The van der Waals surface area contributed by atoms with Gasteiger partial charge in [-0.1, -0.05) is 6.07 Å². The molecule has 0 heterocycles. The summed E-state index contributed by atoms with van der Waals surface area (Å²) in [5, 5.41) is 0. The zero-order chi connectivity index (χ0) is 9.68. The molecule has 0 amide bonds. The lowest BCUT2D eigenvalue weighted by Gasteiger charge is -1.98. The van der Waals surface area contributed by atoms with Crippen LogP contribution in [0.2, 0.25) is 0 Å². The van der Waals surface area contributed by atoms with E-state index in [0.29, 0.717) is 12.8 Å². The molecule has 0 saturated carbocycles. The molecule has 0 nitrogen and oxygen atoms in total. The maximum absolute atomic E-state index is 12.7. The Balaban J connectivity index is 2.66. The highest BCUT2D eigenvalue weighted by Crippen LogP contribution is 2.09. The third-order valence-electron chi connectivity index (χ3n) is 1.70. The first-order valence-corrected chi connectivity index (χ1v) is 4.07. The fraction of sp³-hybridized carbons (Fsp3) is 0.273. The summed E-state index contributed by atoms with van der Waals surface area (Å²) in [5.41, 5.74) is 0.779. The van der Waals surface area contributed by atoms with Crippen molar-refractivity contribution in [3.05, 3.63) is 35.4 Å². The summed E-state index contributed by atoms with van der Waals surface area (Å²) in [7, 11) is 0. The van der Waals surface area contributed by atoms with Crippen LogP contribution in [0.3, 0.4) is 0 Å². The highest BCUT2D eigenvalue weighted by atomic mass is 19.2. The molecule has 0 aromatic heterocycles. The average molecular weight is 180 g/mol. The number of benzene rings is 1. The van der Waals surface area contributed by atoms with E-state index in [1.165, 1.54) is 6.07 Å². The van der Waals surface area contributed by atoms with Crippen molar-refractivity contribution in [2.75, 3.05) is 0 Å². The van der Waals surface area contributed by atoms with Crippen molar-refractivity contribution >= 4 is 0 Å². The van der Waals surface area contributed by atoms with Crippen LogP contribution in [0.1, 0.15) is 18.9 Å². The lowest BCUT2D eigenvalue weighted by molar-refractivity contribution is 0.507. The highest BCUT2D eigenvalue weighted by molar-refractivity contribution is 5.18. The van der Waals surface area contributed by atoms with Gasteiger partial charge in [0.05, 0.1) is 0 Å². The van der Waals surface area contributed by atoms with Crippen LogP contribution in [-0.2, 0) is 6.42 Å². The van der Waals surface area contributed by atoms with Gasteiger partial charge < -0.3 is 0 Å². The summed E-state index contributed by atoms with van der Waals surface area (Å²) in [6, 6.07) is 3.94. The fourth-order valence-corrected chi connectivity index (χ4v) is 1.03. The van der Waals surface area contributed by atoms with Crippen LogP contribution >= 0.6 is 0 Å². The second kappa shape index (κ2) is 4.61. The predicted molar refractivity (Wildman–Crippen MR) is 48.1 cm³/mol. The Bertz CT molecular complexity index is 345. The standard InChI is InChI=1S/C11H10F2/c1-2-3-4-5-9-6-7-10(12)11(13)8-9/h6-8H,4-5H2,1H3. The summed E-state index contributed by atoms with van der Waals surface area (Å²) < 4.78 is 25.2. The first-order valence-electron chi connectivity index (χ1n) is 4.07. The van der Waals surface area contributed by atoms with Crippen LogP contribution < -0.4 is 0 Å². The van der Waals surface area contributed by atoms with Crippen molar-refractivity contribution in [1.29, 1.82) is 0 Å². The topological polar surface area (TPSA) is 0 Å². The number of aryl methyl sites for hydroxylation is 1. The van der Waals surface area contributed by atoms with Crippen LogP contribution in [0.5, 0.6) is 0 Å². The van der Waals surface area contributed by atoms with Gasteiger partial charge in [0.1, 0.15) is 0 Å². The average Bonchev–Trinajstić information content (AvgIpc) is 2.12. The monoisotopic (exact) mass is 180 g/mol. The van der Waals surface area contributed by atoms with E-state index in [2.05, 4.69) is 11.8 Å². The SMILES string of the molecule is CC#CCCc1ccc(F)c(F)c1. The Kier molecular flexibility index (Phi) is 3.45. The molecule has 1 rings (SSSR count). The zero-order valence-electron chi connectivity index (χ0n) is 7.40. The molecule has 0 aliphatic rings. The first-order chi connectivity index (χ1) is 6.24. The van der Waals surface area contributed by atoms with Gasteiger partial charge in [-0.05, 0) is 31.0 Å². The third kappa shape index (κ3) is 2.87. The summed E-state index contributed by atoms with van der Waals surface area (Å²) in [6.07, 6.45) is 1.35. The Morgan fingerprint density at radius 2 is 2.00 bits per heavy atom. The molecule has 0 fully saturated rings. The minimum atomic E-state index is -0.801. The molecule has 1 aromatic carbocycles. The van der Waals surface area contributed by atoms with Crippen LogP contribution in [0, 0.1) is 23.5 Å². The molecular formula is C11H10F2. The molecular weight excluding hydrogens is 170 g/mol. The van der Waals surface area contributed by atoms with Gasteiger partial charge >= 0.3 is 0 Å².